The predicted molar refractivity (Wildman–Crippen MR) is 154 cm³/mol. The Labute approximate surface area is 237 Å². The molecule has 0 unspecified atom stereocenters. The molecule has 39 heavy (non-hydrogen) atoms. The standard InChI is InChI=1S/C24H34N4O7S4/c1-8-28(9-2)39(33,34)23-18(29)15(13-36-23)25-17-19(22(30)35-10-3)38(31,32)27-21(17)26-20(24(5,6)7)16-12-11-14(4)37-16/h11-13,20,25,29H,8-10H2,1-7H3,(H,26,27)/t20-/m0/s1. The van der Waals surface area contributed by atoms with E-state index in [0.29, 0.717) is 0 Å². The summed E-state index contributed by atoms with van der Waals surface area (Å²) in [5.74, 6) is -1.86. The molecule has 0 radical (unpaired) electrons. The minimum Gasteiger partial charge on any atom is -0.504 e. The smallest absolute Gasteiger partial charge is 0.354 e. The van der Waals surface area contributed by atoms with E-state index < -0.39 is 48.1 Å². The number of ether oxygens (including phenoxy) is 1. The SMILES string of the molecule is CCOC(=O)C1=C(Nc2csc(S(=O)(=O)N(CC)CC)c2O)C(N[C@@H](c2ccc(C)s2)C(C)(C)C)=NS1(=O)=O. The second-order valence-electron chi connectivity index (χ2n) is 9.73. The summed E-state index contributed by atoms with van der Waals surface area (Å²) in [7, 11) is -8.48. The molecule has 1 aliphatic heterocycles. The van der Waals surface area contributed by atoms with Crippen LogP contribution in [0, 0.1) is 12.3 Å². The summed E-state index contributed by atoms with van der Waals surface area (Å²) in [5, 5.41) is 18.2. The molecule has 0 spiro atoms. The minimum atomic E-state index is -4.48. The Bertz CT molecular complexity index is 1510. The molecule has 2 aromatic heterocycles. The van der Waals surface area contributed by atoms with Crippen LogP contribution in [0.1, 0.15) is 57.3 Å². The highest BCUT2D eigenvalue weighted by atomic mass is 32.2. The molecule has 3 heterocycles. The zero-order valence-corrected chi connectivity index (χ0v) is 26.1. The Kier molecular flexibility index (Phi) is 9.22. The first kappa shape index (κ1) is 31.1. The number of anilines is 1. The summed E-state index contributed by atoms with van der Waals surface area (Å²) in [4.78, 5) is 14.1. The molecule has 1 aliphatic rings. The predicted octanol–water partition coefficient (Wildman–Crippen LogP) is 4.16. The Morgan fingerprint density at radius 2 is 1.85 bits per heavy atom. The first-order chi connectivity index (χ1) is 18.1. The van der Waals surface area contributed by atoms with Crippen molar-refractivity contribution in [2.75, 3.05) is 25.0 Å². The molecule has 11 nitrogen and oxygen atoms in total. The average molecular weight is 619 g/mol. The van der Waals surface area contributed by atoms with Crippen molar-refractivity contribution < 1.29 is 31.5 Å². The second-order valence-corrected chi connectivity index (χ2v) is 15.6. The van der Waals surface area contributed by atoms with E-state index in [0.717, 1.165) is 21.1 Å². The van der Waals surface area contributed by atoms with Gasteiger partial charge < -0.3 is 20.5 Å². The van der Waals surface area contributed by atoms with Gasteiger partial charge in [-0.25, -0.2) is 13.2 Å². The van der Waals surface area contributed by atoms with E-state index in [1.807, 2.05) is 39.8 Å². The molecule has 15 heteroatoms. The maximum atomic E-state index is 13.1. The number of sulfonamides is 2. The number of rotatable bonds is 10. The average Bonchev–Trinajstić information content (AvgIpc) is 3.48. The van der Waals surface area contributed by atoms with Gasteiger partial charge in [-0.1, -0.05) is 34.6 Å². The van der Waals surface area contributed by atoms with E-state index in [1.165, 1.54) is 27.9 Å². The Morgan fingerprint density at radius 3 is 2.36 bits per heavy atom. The lowest BCUT2D eigenvalue weighted by Crippen LogP contribution is -2.38. The third-order valence-corrected chi connectivity index (χ3v) is 11.8. The number of aryl methyl sites for hydroxylation is 1. The highest BCUT2D eigenvalue weighted by Crippen LogP contribution is 2.42. The van der Waals surface area contributed by atoms with Crippen LogP contribution in [0.5, 0.6) is 5.75 Å². The first-order valence-corrected chi connectivity index (χ1v) is 16.8. The van der Waals surface area contributed by atoms with Crippen molar-refractivity contribution in [3.05, 3.63) is 37.9 Å². The maximum absolute atomic E-state index is 13.1. The third kappa shape index (κ3) is 6.32. The summed E-state index contributed by atoms with van der Waals surface area (Å²) in [6.07, 6.45) is 0. The zero-order valence-electron chi connectivity index (χ0n) is 22.9. The molecule has 0 saturated heterocycles. The highest BCUT2D eigenvalue weighted by Gasteiger charge is 2.41. The molecule has 0 aliphatic carbocycles. The molecule has 0 amide bonds. The van der Waals surface area contributed by atoms with Crippen LogP contribution >= 0.6 is 22.7 Å². The summed E-state index contributed by atoms with van der Waals surface area (Å²) in [6.45, 7) is 13.1. The van der Waals surface area contributed by atoms with Crippen LogP contribution < -0.4 is 10.6 Å². The second kappa shape index (κ2) is 11.6. The van der Waals surface area contributed by atoms with Gasteiger partial charge in [-0.05, 0) is 31.4 Å². The number of amidine groups is 1. The summed E-state index contributed by atoms with van der Waals surface area (Å²) < 4.78 is 62.0. The molecule has 0 saturated carbocycles. The lowest BCUT2D eigenvalue weighted by Gasteiger charge is -2.32. The quantitative estimate of drug-likeness (QED) is 0.333. The highest BCUT2D eigenvalue weighted by molar-refractivity contribution is 7.95. The van der Waals surface area contributed by atoms with Crippen LogP contribution in [0.15, 0.2) is 36.7 Å². The van der Waals surface area contributed by atoms with Crippen molar-refractivity contribution >= 4 is 60.2 Å². The summed E-state index contributed by atoms with van der Waals surface area (Å²) in [6, 6.07) is 3.48. The Hall–Kier alpha value is -2.46. The van der Waals surface area contributed by atoms with E-state index in [-0.39, 0.29) is 41.1 Å². The molecule has 0 bridgehead atoms. The Balaban J connectivity index is 2.13. The van der Waals surface area contributed by atoms with Crippen LogP contribution in [-0.4, -0.2) is 57.7 Å². The van der Waals surface area contributed by atoms with Crippen LogP contribution in [-0.2, 0) is 29.6 Å². The molecule has 216 valence electrons. The van der Waals surface area contributed by atoms with Gasteiger partial charge in [0, 0.05) is 28.2 Å². The Morgan fingerprint density at radius 1 is 1.21 bits per heavy atom. The fourth-order valence-electron chi connectivity index (χ4n) is 3.95. The van der Waals surface area contributed by atoms with Crippen LogP contribution in [0.3, 0.4) is 0 Å². The summed E-state index contributed by atoms with van der Waals surface area (Å²) in [5.41, 5.74) is -0.735. The van der Waals surface area contributed by atoms with Gasteiger partial charge in [0.05, 0.1) is 18.3 Å². The van der Waals surface area contributed by atoms with E-state index in [4.69, 9.17) is 4.74 Å². The van der Waals surface area contributed by atoms with Crippen LogP contribution in [0.2, 0.25) is 0 Å². The van der Waals surface area contributed by atoms with Crippen molar-refractivity contribution in [2.45, 2.75) is 58.7 Å². The molecule has 3 rings (SSSR count). The number of hydrogen-bond donors (Lipinski definition) is 3. The lowest BCUT2D eigenvalue weighted by atomic mass is 9.85. The largest absolute Gasteiger partial charge is 0.504 e. The van der Waals surface area contributed by atoms with Gasteiger partial charge in [0.25, 0.3) is 20.0 Å². The number of nitrogens with zero attached hydrogens (tertiary/aromatic N) is 2. The van der Waals surface area contributed by atoms with Gasteiger partial charge in [0.2, 0.25) is 4.91 Å². The van der Waals surface area contributed by atoms with Crippen molar-refractivity contribution in [1.29, 1.82) is 0 Å². The number of carbonyl (C=O) groups is 1. The fourth-order valence-corrected chi connectivity index (χ4v) is 9.11. The van der Waals surface area contributed by atoms with Gasteiger partial charge in [0.1, 0.15) is 5.70 Å². The van der Waals surface area contributed by atoms with Crippen LogP contribution in [0.25, 0.3) is 0 Å². The monoisotopic (exact) mass is 618 g/mol. The normalized spacial score (nSPS) is 16.4. The number of nitrogens with one attached hydrogen (secondary N) is 2. The van der Waals surface area contributed by atoms with Crippen molar-refractivity contribution in [1.82, 2.24) is 9.62 Å². The van der Waals surface area contributed by atoms with E-state index in [2.05, 4.69) is 15.0 Å². The summed E-state index contributed by atoms with van der Waals surface area (Å²) >= 11 is 2.31. The molecular weight excluding hydrogens is 585 g/mol. The molecule has 3 N–H and O–H groups in total. The number of thiophene rings is 2. The van der Waals surface area contributed by atoms with Gasteiger partial charge in [0.15, 0.2) is 15.8 Å². The number of hydrogen-bond acceptors (Lipinski definition) is 11. The maximum Gasteiger partial charge on any atom is 0.354 e. The fraction of sp³-hybridized carbons (Fsp3) is 0.500. The number of aromatic hydroxyl groups is 1. The molecule has 1 atom stereocenters. The molecular formula is C24H34N4O7S4. The first-order valence-electron chi connectivity index (χ1n) is 12.3. The van der Waals surface area contributed by atoms with Crippen molar-refractivity contribution in [3.63, 3.8) is 0 Å². The zero-order chi connectivity index (χ0) is 29.3. The number of carbonyl (C=O) groups excluding carboxylic acids is 1. The minimum absolute atomic E-state index is 0.0804. The van der Waals surface area contributed by atoms with Gasteiger partial charge in [-0.15, -0.1) is 27.1 Å². The van der Waals surface area contributed by atoms with Gasteiger partial charge >= 0.3 is 5.97 Å². The van der Waals surface area contributed by atoms with E-state index in [1.54, 1.807) is 13.8 Å². The van der Waals surface area contributed by atoms with E-state index >= 15 is 0 Å². The third-order valence-electron chi connectivity index (χ3n) is 5.86. The number of esters is 1. The van der Waals surface area contributed by atoms with Crippen LogP contribution in [0.4, 0.5) is 5.69 Å². The van der Waals surface area contributed by atoms with Crippen molar-refractivity contribution in [3.8, 4) is 5.75 Å². The molecule has 0 aromatic carbocycles. The molecule has 0 fully saturated rings. The van der Waals surface area contributed by atoms with Gasteiger partial charge in [-0.3, -0.25) is 0 Å². The van der Waals surface area contributed by atoms with Gasteiger partial charge in [-0.2, -0.15) is 12.7 Å². The van der Waals surface area contributed by atoms with Crippen molar-refractivity contribution in [2.24, 2.45) is 9.81 Å². The molecule has 2 aromatic rings. The lowest BCUT2D eigenvalue weighted by molar-refractivity contribution is -0.137. The topological polar surface area (TPSA) is 154 Å². The van der Waals surface area contributed by atoms with E-state index in [9.17, 15) is 26.7 Å².